The SMILES string of the molecule is CC1(C)c2cc(N)ccc2-c2ccc(-c3ccc4c(c3)C3CC5CC6CC(CC53C6)c3ccccc3-4)cc21. The average molecular weight is 494 g/mol. The predicted molar refractivity (Wildman–Crippen MR) is 157 cm³/mol. The average Bonchev–Trinajstić information content (AvgIpc) is 3.26. The zero-order chi connectivity index (χ0) is 25.4. The Hall–Kier alpha value is -3.32. The maximum atomic E-state index is 6.21. The Kier molecular flexibility index (Phi) is 3.98. The molecule has 0 aromatic heterocycles. The number of benzene rings is 4. The van der Waals surface area contributed by atoms with Gasteiger partial charge in [0.1, 0.15) is 0 Å². The normalized spacial score (nSPS) is 30.3. The van der Waals surface area contributed by atoms with Crippen molar-refractivity contribution in [1.82, 2.24) is 0 Å². The van der Waals surface area contributed by atoms with Crippen molar-refractivity contribution in [3.05, 3.63) is 101 Å². The highest BCUT2D eigenvalue weighted by Gasteiger charge is 2.63. The molecule has 0 saturated heterocycles. The molecule has 5 aliphatic carbocycles. The molecule has 1 nitrogen and oxygen atoms in total. The molecule has 1 heteroatoms. The first-order chi connectivity index (χ1) is 18.4. The van der Waals surface area contributed by atoms with Crippen molar-refractivity contribution in [1.29, 1.82) is 0 Å². The predicted octanol–water partition coefficient (Wildman–Crippen LogP) is 9.30. The highest BCUT2D eigenvalue weighted by atomic mass is 14.7. The van der Waals surface area contributed by atoms with Gasteiger partial charge < -0.3 is 5.73 Å². The fourth-order valence-corrected chi connectivity index (χ4v) is 10.0. The largest absolute Gasteiger partial charge is 0.399 e. The maximum Gasteiger partial charge on any atom is 0.0317 e. The van der Waals surface area contributed by atoms with Gasteiger partial charge in [0.15, 0.2) is 0 Å². The molecule has 3 bridgehead atoms. The van der Waals surface area contributed by atoms with Gasteiger partial charge >= 0.3 is 0 Å². The lowest BCUT2D eigenvalue weighted by atomic mass is 9.47. The zero-order valence-electron chi connectivity index (χ0n) is 22.4. The van der Waals surface area contributed by atoms with Crippen molar-refractivity contribution in [2.75, 3.05) is 5.73 Å². The Morgan fingerprint density at radius 3 is 2.24 bits per heavy atom. The molecule has 188 valence electrons. The van der Waals surface area contributed by atoms with E-state index in [1.165, 1.54) is 76.6 Å². The molecule has 5 aliphatic rings. The number of fused-ring (bicyclic) bond motifs is 10. The summed E-state index contributed by atoms with van der Waals surface area (Å²) in [7, 11) is 0. The summed E-state index contributed by atoms with van der Waals surface area (Å²) in [6.45, 7) is 4.70. The van der Waals surface area contributed by atoms with Gasteiger partial charge in [-0.2, -0.15) is 0 Å². The lowest BCUT2D eigenvalue weighted by Gasteiger charge is -2.57. The van der Waals surface area contributed by atoms with Gasteiger partial charge in [-0.05, 0) is 135 Å². The molecule has 4 aromatic carbocycles. The van der Waals surface area contributed by atoms with Gasteiger partial charge in [0.05, 0.1) is 0 Å². The molecular weight excluding hydrogens is 458 g/mol. The Labute approximate surface area is 226 Å². The summed E-state index contributed by atoms with van der Waals surface area (Å²) in [5.41, 5.74) is 22.0. The van der Waals surface area contributed by atoms with Crippen molar-refractivity contribution in [3.8, 4) is 33.4 Å². The molecule has 4 aromatic rings. The van der Waals surface area contributed by atoms with E-state index in [2.05, 4.69) is 86.6 Å². The van der Waals surface area contributed by atoms with Crippen LogP contribution in [0, 0.1) is 17.3 Å². The number of rotatable bonds is 1. The lowest BCUT2D eigenvalue weighted by Crippen LogP contribution is -2.46. The number of nitrogen functional groups attached to an aromatic ring is 1. The zero-order valence-corrected chi connectivity index (χ0v) is 22.4. The van der Waals surface area contributed by atoms with Crippen molar-refractivity contribution in [2.45, 2.75) is 63.2 Å². The number of hydrogen-bond donors (Lipinski definition) is 1. The van der Waals surface area contributed by atoms with Crippen molar-refractivity contribution < 1.29 is 0 Å². The van der Waals surface area contributed by atoms with Crippen molar-refractivity contribution in [3.63, 3.8) is 0 Å². The minimum absolute atomic E-state index is 0.0469. The quantitative estimate of drug-likeness (QED) is 0.263. The molecule has 1 spiro atoms. The smallest absolute Gasteiger partial charge is 0.0317 e. The standard InChI is InChI=1S/C37H35N/c1-36(2)33-16-23(8-11-30(33)31-12-9-26(38)18-34(31)36)22-7-10-29-28-6-4-3-5-27(28)24-13-21-14-25-17-35(32(29)15-22)37(25,19-21)20-24/h3-12,15-16,18,21,24-25,35H,13-14,17,19-20,38H2,1-2H3. The molecule has 0 radical (unpaired) electrons. The van der Waals surface area contributed by atoms with E-state index in [4.69, 9.17) is 5.73 Å². The van der Waals surface area contributed by atoms with Crippen molar-refractivity contribution in [2.24, 2.45) is 17.3 Å². The van der Waals surface area contributed by atoms with Crippen LogP contribution in [0.1, 0.15) is 80.0 Å². The Bertz CT molecular complexity index is 1670. The summed E-state index contributed by atoms with van der Waals surface area (Å²) in [4.78, 5) is 0. The van der Waals surface area contributed by atoms with Crippen LogP contribution in [0.25, 0.3) is 33.4 Å². The molecule has 38 heavy (non-hydrogen) atoms. The minimum Gasteiger partial charge on any atom is -0.399 e. The Morgan fingerprint density at radius 1 is 0.658 bits per heavy atom. The maximum absolute atomic E-state index is 6.21. The fraction of sp³-hybridized carbons (Fsp3) is 0.351. The molecule has 5 atom stereocenters. The third kappa shape index (κ3) is 2.58. The van der Waals surface area contributed by atoms with E-state index in [0.717, 1.165) is 29.4 Å². The molecular formula is C37H35N. The van der Waals surface area contributed by atoms with Crippen LogP contribution in [-0.2, 0) is 5.41 Å². The molecule has 3 fully saturated rings. The van der Waals surface area contributed by atoms with Crippen LogP contribution in [0.4, 0.5) is 5.69 Å². The molecule has 0 amide bonds. The van der Waals surface area contributed by atoms with E-state index in [9.17, 15) is 0 Å². The van der Waals surface area contributed by atoms with Crippen LogP contribution >= 0.6 is 0 Å². The Morgan fingerprint density at radius 2 is 1.37 bits per heavy atom. The fourth-order valence-electron chi connectivity index (χ4n) is 10.0. The van der Waals surface area contributed by atoms with E-state index < -0.39 is 0 Å². The highest BCUT2D eigenvalue weighted by Crippen LogP contribution is 2.75. The van der Waals surface area contributed by atoms with Crippen LogP contribution < -0.4 is 5.73 Å². The number of hydrogen-bond acceptors (Lipinski definition) is 1. The highest BCUT2D eigenvalue weighted by molar-refractivity contribution is 5.85. The monoisotopic (exact) mass is 493 g/mol. The molecule has 3 saturated carbocycles. The number of nitrogens with two attached hydrogens (primary N) is 1. The third-order valence-corrected chi connectivity index (χ3v) is 11.7. The van der Waals surface area contributed by atoms with E-state index in [-0.39, 0.29) is 5.41 Å². The van der Waals surface area contributed by atoms with E-state index in [1.807, 2.05) is 6.07 Å². The van der Waals surface area contributed by atoms with E-state index in [1.54, 1.807) is 11.1 Å². The first-order valence-electron chi connectivity index (χ1n) is 14.7. The molecule has 9 rings (SSSR count). The van der Waals surface area contributed by atoms with Gasteiger partial charge in [0, 0.05) is 11.1 Å². The summed E-state index contributed by atoms with van der Waals surface area (Å²) in [6, 6.07) is 30.4. The van der Waals surface area contributed by atoms with Crippen LogP contribution in [0.5, 0.6) is 0 Å². The van der Waals surface area contributed by atoms with Gasteiger partial charge in [-0.1, -0.05) is 74.5 Å². The summed E-state index contributed by atoms with van der Waals surface area (Å²) in [5, 5.41) is 0. The number of anilines is 1. The van der Waals surface area contributed by atoms with Gasteiger partial charge in [-0.25, -0.2) is 0 Å². The van der Waals surface area contributed by atoms with Crippen molar-refractivity contribution >= 4 is 5.69 Å². The minimum atomic E-state index is -0.0469. The first-order valence-corrected chi connectivity index (χ1v) is 14.7. The molecule has 2 N–H and O–H groups in total. The summed E-state index contributed by atoms with van der Waals surface area (Å²) >= 11 is 0. The van der Waals surface area contributed by atoms with Crippen LogP contribution in [0.3, 0.4) is 0 Å². The molecule has 0 aliphatic heterocycles. The Balaban J connectivity index is 1.21. The van der Waals surface area contributed by atoms with Crippen LogP contribution in [-0.4, -0.2) is 0 Å². The van der Waals surface area contributed by atoms with Crippen LogP contribution in [0.15, 0.2) is 78.9 Å². The van der Waals surface area contributed by atoms with E-state index >= 15 is 0 Å². The second-order valence-corrected chi connectivity index (χ2v) is 13.7. The summed E-state index contributed by atoms with van der Waals surface area (Å²) < 4.78 is 0. The molecule has 5 unspecified atom stereocenters. The van der Waals surface area contributed by atoms with Gasteiger partial charge in [-0.15, -0.1) is 0 Å². The van der Waals surface area contributed by atoms with Crippen LogP contribution in [0.2, 0.25) is 0 Å². The van der Waals surface area contributed by atoms with Gasteiger partial charge in [-0.3, -0.25) is 0 Å². The van der Waals surface area contributed by atoms with Gasteiger partial charge in [0.25, 0.3) is 0 Å². The summed E-state index contributed by atoms with van der Waals surface area (Å²) in [6.07, 6.45) is 7.17. The second kappa shape index (κ2) is 7.00. The van der Waals surface area contributed by atoms with Gasteiger partial charge in [0.2, 0.25) is 0 Å². The summed E-state index contributed by atoms with van der Waals surface area (Å²) in [5.74, 6) is 3.37. The third-order valence-electron chi connectivity index (χ3n) is 11.7. The first kappa shape index (κ1) is 21.6. The lowest BCUT2D eigenvalue weighted by molar-refractivity contribution is -0.000390. The second-order valence-electron chi connectivity index (χ2n) is 13.7. The molecule has 0 heterocycles. The van der Waals surface area contributed by atoms with E-state index in [0.29, 0.717) is 5.41 Å². The topological polar surface area (TPSA) is 26.0 Å².